The summed E-state index contributed by atoms with van der Waals surface area (Å²) >= 11 is 0. The number of benzene rings is 1. The molecule has 2 aliphatic rings. The summed E-state index contributed by atoms with van der Waals surface area (Å²) in [6.45, 7) is 6.68. The first-order valence-electron chi connectivity index (χ1n) is 11.0. The fraction of sp³-hybridized carbons (Fsp3) is 0.591. The fourth-order valence-electron chi connectivity index (χ4n) is 4.05. The molecule has 0 saturated carbocycles. The highest BCUT2D eigenvalue weighted by Gasteiger charge is 2.28. The second kappa shape index (κ2) is 10.6. The zero-order valence-electron chi connectivity index (χ0n) is 18.1. The lowest BCUT2D eigenvalue weighted by atomic mass is 9.97. The molecule has 2 saturated heterocycles. The van der Waals surface area contributed by atoms with Gasteiger partial charge in [-0.1, -0.05) is 5.16 Å². The molecule has 0 bridgehead atoms. The molecule has 0 aliphatic carbocycles. The number of piperidine rings is 1. The number of anilines is 1. The van der Waals surface area contributed by atoms with Crippen molar-refractivity contribution in [3.8, 4) is 17.1 Å². The number of nitrogens with zero attached hydrogens (tertiary/aromatic N) is 4. The summed E-state index contributed by atoms with van der Waals surface area (Å²) < 4.78 is 16.1. The van der Waals surface area contributed by atoms with Crippen LogP contribution in [0.5, 0.6) is 5.75 Å². The van der Waals surface area contributed by atoms with Gasteiger partial charge in [-0.2, -0.15) is 4.98 Å². The minimum absolute atomic E-state index is 0.0616. The average molecular weight is 430 g/mol. The summed E-state index contributed by atoms with van der Waals surface area (Å²) in [6, 6.07) is 8.00. The van der Waals surface area contributed by atoms with E-state index in [1.165, 1.54) is 0 Å². The number of carbonyl (C=O) groups is 1. The zero-order valence-corrected chi connectivity index (χ0v) is 18.1. The second-order valence-electron chi connectivity index (χ2n) is 8.01. The Morgan fingerprint density at radius 1 is 1.23 bits per heavy atom. The summed E-state index contributed by atoms with van der Waals surface area (Å²) in [5, 5.41) is 7.21. The van der Waals surface area contributed by atoms with Crippen molar-refractivity contribution >= 4 is 11.9 Å². The third-order valence-electron chi connectivity index (χ3n) is 5.88. The fourth-order valence-corrected chi connectivity index (χ4v) is 4.05. The highest BCUT2D eigenvalue weighted by Crippen LogP contribution is 2.25. The van der Waals surface area contributed by atoms with Gasteiger partial charge >= 0.3 is 6.01 Å². The van der Waals surface area contributed by atoms with Crippen LogP contribution in [0.25, 0.3) is 11.4 Å². The van der Waals surface area contributed by atoms with E-state index in [1.807, 2.05) is 29.2 Å². The van der Waals surface area contributed by atoms with E-state index >= 15 is 0 Å². The number of rotatable bonds is 8. The maximum Gasteiger partial charge on any atom is 0.324 e. The van der Waals surface area contributed by atoms with E-state index in [4.69, 9.17) is 14.0 Å². The number of nitrogens with one attached hydrogen (secondary N) is 1. The van der Waals surface area contributed by atoms with Crippen LogP contribution in [-0.4, -0.2) is 80.5 Å². The molecular formula is C22H31N5O4. The molecule has 9 heteroatoms. The molecule has 2 fully saturated rings. The van der Waals surface area contributed by atoms with Gasteiger partial charge in [-0.15, -0.1) is 0 Å². The molecule has 2 aromatic rings. The molecule has 168 valence electrons. The lowest BCUT2D eigenvalue weighted by Gasteiger charge is -2.30. The molecule has 1 aromatic carbocycles. The Morgan fingerprint density at radius 3 is 2.81 bits per heavy atom. The molecular weight excluding hydrogens is 398 g/mol. The lowest BCUT2D eigenvalue weighted by molar-refractivity contribution is -0.125. The molecule has 1 unspecified atom stereocenters. The topological polar surface area (TPSA) is 93.0 Å². The van der Waals surface area contributed by atoms with Gasteiger partial charge in [0.05, 0.1) is 26.2 Å². The Bertz CT molecular complexity index is 835. The van der Waals surface area contributed by atoms with Gasteiger partial charge in [0.15, 0.2) is 0 Å². The minimum Gasteiger partial charge on any atom is -0.497 e. The van der Waals surface area contributed by atoms with Gasteiger partial charge in [0.2, 0.25) is 11.7 Å². The number of ether oxygens (including phenoxy) is 2. The molecule has 0 spiro atoms. The first kappa shape index (κ1) is 21.6. The van der Waals surface area contributed by atoms with Crippen LogP contribution in [0, 0.1) is 5.92 Å². The zero-order chi connectivity index (χ0) is 21.5. The quantitative estimate of drug-likeness (QED) is 0.635. The van der Waals surface area contributed by atoms with Crippen molar-refractivity contribution in [2.75, 3.05) is 64.5 Å². The van der Waals surface area contributed by atoms with Crippen molar-refractivity contribution in [3.63, 3.8) is 0 Å². The number of carbonyl (C=O) groups excluding carboxylic acids is 1. The van der Waals surface area contributed by atoms with Crippen LogP contribution < -0.4 is 15.0 Å². The van der Waals surface area contributed by atoms with Crippen LogP contribution in [0.15, 0.2) is 28.8 Å². The highest BCUT2D eigenvalue weighted by molar-refractivity contribution is 5.79. The van der Waals surface area contributed by atoms with E-state index in [9.17, 15) is 4.79 Å². The van der Waals surface area contributed by atoms with Crippen molar-refractivity contribution in [1.82, 2.24) is 20.4 Å². The standard InChI is InChI=1S/C22H31N5O4/c1-29-19-7-5-17(6-8-19)20-24-22(31-25-20)27-11-2-4-18(16-27)21(28)23-9-3-10-26-12-14-30-15-13-26/h5-8,18H,2-4,9-16H2,1H3,(H,23,28). The van der Waals surface area contributed by atoms with Crippen LogP contribution >= 0.6 is 0 Å². The SMILES string of the molecule is COc1ccc(-c2noc(N3CCCC(C(=O)NCCCN4CCOCC4)C3)n2)cc1. The molecule has 1 atom stereocenters. The molecule has 3 heterocycles. The number of methoxy groups -OCH3 is 1. The first-order chi connectivity index (χ1) is 15.2. The second-order valence-corrected chi connectivity index (χ2v) is 8.01. The van der Waals surface area contributed by atoms with E-state index in [0.29, 0.717) is 24.9 Å². The van der Waals surface area contributed by atoms with Crippen molar-refractivity contribution in [2.24, 2.45) is 5.92 Å². The third-order valence-corrected chi connectivity index (χ3v) is 5.88. The predicted octanol–water partition coefficient (Wildman–Crippen LogP) is 1.80. The number of amides is 1. The highest BCUT2D eigenvalue weighted by atomic mass is 16.5. The normalized spacial score (nSPS) is 19.9. The smallest absolute Gasteiger partial charge is 0.324 e. The van der Waals surface area contributed by atoms with Gasteiger partial charge in [0, 0.05) is 38.3 Å². The monoisotopic (exact) mass is 429 g/mol. The van der Waals surface area contributed by atoms with Crippen LogP contribution in [0.4, 0.5) is 6.01 Å². The Kier molecular flexibility index (Phi) is 7.37. The maximum atomic E-state index is 12.7. The summed E-state index contributed by atoms with van der Waals surface area (Å²) in [5.74, 6) is 1.37. The number of morpholine rings is 1. The van der Waals surface area contributed by atoms with Crippen molar-refractivity contribution in [2.45, 2.75) is 19.3 Å². The van der Waals surface area contributed by atoms with Gasteiger partial charge in [-0.3, -0.25) is 9.69 Å². The summed E-state index contributed by atoms with van der Waals surface area (Å²) in [7, 11) is 1.63. The summed E-state index contributed by atoms with van der Waals surface area (Å²) in [5.41, 5.74) is 0.863. The van der Waals surface area contributed by atoms with Crippen LogP contribution in [0.2, 0.25) is 0 Å². The number of hydrogen-bond donors (Lipinski definition) is 1. The first-order valence-corrected chi connectivity index (χ1v) is 11.0. The Labute approximate surface area is 182 Å². The number of hydrogen-bond acceptors (Lipinski definition) is 8. The minimum atomic E-state index is -0.0616. The number of aromatic nitrogens is 2. The predicted molar refractivity (Wildman–Crippen MR) is 116 cm³/mol. The van der Waals surface area contributed by atoms with Gasteiger partial charge in [0.25, 0.3) is 0 Å². The van der Waals surface area contributed by atoms with E-state index in [-0.39, 0.29) is 11.8 Å². The lowest BCUT2D eigenvalue weighted by Crippen LogP contribution is -2.44. The van der Waals surface area contributed by atoms with Crippen molar-refractivity contribution in [3.05, 3.63) is 24.3 Å². The van der Waals surface area contributed by atoms with Crippen LogP contribution in [-0.2, 0) is 9.53 Å². The molecule has 4 rings (SSSR count). The molecule has 1 N–H and O–H groups in total. The van der Waals surface area contributed by atoms with Crippen LogP contribution in [0.3, 0.4) is 0 Å². The molecule has 9 nitrogen and oxygen atoms in total. The van der Waals surface area contributed by atoms with E-state index in [1.54, 1.807) is 7.11 Å². The summed E-state index contributed by atoms with van der Waals surface area (Å²) in [4.78, 5) is 21.6. The Balaban J connectivity index is 1.26. The van der Waals surface area contributed by atoms with Crippen molar-refractivity contribution in [1.29, 1.82) is 0 Å². The third kappa shape index (κ3) is 5.74. The van der Waals surface area contributed by atoms with E-state index < -0.39 is 0 Å². The van der Waals surface area contributed by atoms with Gasteiger partial charge < -0.3 is 24.2 Å². The van der Waals surface area contributed by atoms with Gasteiger partial charge in [-0.05, 0) is 50.1 Å². The van der Waals surface area contributed by atoms with Gasteiger partial charge in [-0.25, -0.2) is 0 Å². The summed E-state index contributed by atoms with van der Waals surface area (Å²) in [6.07, 6.45) is 2.76. The largest absolute Gasteiger partial charge is 0.497 e. The molecule has 31 heavy (non-hydrogen) atoms. The Hall–Kier alpha value is -2.65. The molecule has 1 aromatic heterocycles. The van der Waals surface area contributed by atoms with Crippen molar-refractivity contribution < 1.29 is 18.8 Å². The maximum absolute atomic E-state index is 12.7. The molecule has 1 amide bonds. The van der Waals surface area contributed by atoms with E-state index in [0.717, 1.165) is 70.0 Å². The molecule has 0 radical (unpaired) electrons. The molecule has 2 aliphatic heterocycles. The average Bonchev–Trinajstić information content (AvgIpc) is 3.33. The van der Waals surface area contributed by atoms with Crippen LogP contribution in [0.1, 0.15) is 19.3 Å². The van der Waals surface area contributed by atoms with Gasteiger partial charge in [0.1, 0.15) is 5.75 Å². The Morgan fingerprint density at radius 2 is 2.03 bits per heavy atom. The van der Waals surface area contributed by atoms with E-state index in [2.05, 4.69) is 20.4 Å².